The minimum Gasteiger partial charge on any atom is -0.369 e. The van der Waals surface area contributed by atoms with Crippen molar-refractivity contribution in [1.29, 1.82) is 0 Å². The van der Waals surface area contributed by atoms with Crippen molar-refractivity contribution in [2.24, 2.45) is 5.73 Å². The fraction of sp³-hybridized carbons (Fsp3) is 0.600. The van der Waals surface area contributed by atoms with E-state index in [0.717, 1.165) is 19.4 Å². The molecule has 96 valence electrons. The van der Waals surface area contributed by atoms with Crippen molar-refractivity contribution in [2.75, 3.05) is 11.4 Å². The summed E-state index contributed by atoms with van der Waals surface area (Å²) < 4.78 is 0. The zero-order valence-corrected chi connectivity index (χ0v) is 11.6. The van der Waals surface area contributed by atoms with Crippen LogP contribution >= 0.6 is 0 Å². The maximum absolute atomic E-state index is 6.20. The molecule has 2 N–H and O–H groups in total. The van der Waals surface area contributed by atoms with Gasteiger partial charge in [-0.2, -0.15) is 0 Å². The predicted molar refractivity (Wildman–Crippen MR) is 76.4 cm³/mol. The van der Waals surface area contributed by atoms with Gasteiger partial charge in [-0.25, -0.2) is 0 Å². The van der Waals surface area contributed by atoms with Crippen molar-refractivity contribution in [3.05, 3.63) is 29.8 Å². The largest absolute Gasteiger partial charge is 0.369 e. The molecule has 1 aromatic carbocycles. The van der Waals surface area contributed by atoms with Crippen molar-refractivity contribution in [3.63, 3.8) is 0 Å². The third-order valence-electron chi connectivity index (χ3n) is 3.17. The van der Waals surface area contributed by atoms with Crippen LogP contribution in [-0.4, -0.2) is 12.6 Å². The monoisotopic (exact) mass is 234 g/mol. The topological polar surface area (TPSA) is 29.3 Å². The van der Waals surface area contributed by atoms with Gasteiger partial charge in [0.15, 0.2) is 0 Å². The highest BCUT2D eigenvalue weighted by molar-refractivity contribution is 5.55. The van der Waals surface area contributed by atoms with E-state index < -0.39 is 0 Å². The maximum atomic E-state index is 6.20. The van der Waals surface area contributed by atoms with Crippen molar-refractivity contribution in [1.82, 2.24) is 0 Å². The molecule has 0 fully saturated rings. The summed E-state index contributed by atoms with van der Waals surface area (Å²) in [5.74, 6) is 0. The van der Waals surface area contributed by atoms with Gasteiger partial charge in [0, 0.05) is 24.3 Å². The molecular weight excluding hydrogens is 208 g/mol. The second-order valence-corrected chi connectivity index (χ2v) is 4.86. The van der Waals surface area contributed by atoms with Crippen molar-refractivity contribution in [2.45, 2.75) is 52.6 Å². The lowest BCUT2D eigenvalue weighted by atomic mass is 10.0. The van der Waals surface area contributed by atoms with Crippen molar-refractivity contribution >= 4 is 5.69 Å². The molecule has 0 bridgehead atoms. The number of rotatable bonds is 6. The molecule has 1 rings (SSSR count). The van der Waals surface area contributed by atoms with Gasteiger partial charge in [0.2, 0.25) is 0 Å². The van der Waals surface area contributed by atoms with Crippen LogP contribution in [0.1, 0.15) is 52.1 Å². The van der Waals surface area contributed by atoms with Gasteiger partial charge in [0.1, 0.15) is 0 Å². The summed E-state index contributed by atoms with van der Waals surface area (Å²) in [5.41, 5.74) is 8.78. The zero-order chi connectivity index (χ0) is 12.8. The SMILES string of the molecule is CCCN(c1ccccc1[C@H](N)CC)C(C)C. The van der Waals surface area contributed by atoms with Gasteiger partial charge in [-0.1, -0.05) is 32.0 Å². The third kappa shape index (κ3) is 3.47. The van der Waals surface area contributed by atoms with Gasteiger partial charge in [0.05, 0.1) is 0 Å². The Labute approximate surface area is 106 Å². The van der Waals surface area contributed by atoms with Crippen LogP contribution in [0.3, 0.4) is 0 Å². The molecule has 2 heteroatoms. The third-order valence-corrected chi connectivity index (χ3v) is 3.17. The van der Waals surface area contributed by atoms with Gasteiger partial charge in [0.25, 0.3) is 0 Å². The number of hydrogen-bond donors (Lipinski definition) is 1. The minimum atomic E-state index is 0.143. The van der Waals surface area contributed by atoms with E-state index in [2.05, 4.69) is 56.9 Å². The molecule has 0 aliphatic carbocycles. The molecule has 2 nitrogen and oxygen atoms in total. The number of para-hydroxylation sites is 1. The van der Waals surface area contributed by atoms with E-state index in [4.69, 9.17) is 5.73 Å². The molecule has 0 amide bonds. The first kappa shape index (κ1) is 14.0. The Balaban J connectivity index is 3.09. The van der Waals surface area contributed by atoms with Gasteiger partial charge in [-0.15, -0.1) is 0 Å². The fourth-order valence-electron chi connectivity index (χ4n) is 2.18. The highest BCUT2D eigenvalue weighted by Gasteiger charge is 2.16. The average Bonchev–Trinajstić information content (AvgIpc) is 2.34. The molecular formula is C15H26N2. The van der Waals surface area contributed by atoms with Crippen LogP contribution in [0.25, 0.3) is 0 Å². The first-order valence-corrected chi connectivity index (χ1v) is 6.72. The first-order chi connectivity index (χ1) is 8.11. The van der Waals surface area contributed by atoms with Crippen LogP contribution in [0.15, 0.2) is 24.3 Å². The summed E-state index contributed by atoms with van der Waals surface area (Å²) in [4.78, 5) is 2.45. The second-order valence-electron chi connectivity index (χ2n) is 4.86. The standard InChI is InChI=1S/C15H26N2/c1-5-11-17(12(3)4)15-10-8-7-9-13(15)14(16)6-2/h7-10,12,14H,5-6,11,16H2,1-4H3/t14-/m1/s1. The van der Waals surface area contributed by atoms with Crippen LogP contribution in [0, 0.1) is 0 Å². The average molecular weight is 234 g/mol. The Morgan fingerprint density at radius 1 is 1.18 bits per heavy atom. The lowest BCUT2D eigenvalue weighted by Crippen LogP contribution is -2.33. The van der Waals surface area contributed by atoms with Gasteiger partial charge in [-0.3, -0.25) is 0 Å². The lowest BCUT2D eigenvalue weighted by molar-refractivity contribution is 0.648. The summed E-state index contributed by atoms with van der Waals surface area (Å²) in [6, 6.07) is 9.20. The molecule has 1 aromatic rings. The van der Waals surface area contributed by atoms with E-state index in [-0.39, 0.29) is 6.04 Å². The Hall–Kier alpha value is -1.02. The molecule has 0 heterocycles. The summed E-state index contributed by atoms with van der Waals surface area (Å²) >= 11 is 0. The summed E-state index contributed by atoms with van der Waals surface area (Å²) in [6.45, 7) is 9.93. The van der Waals surface area contributed by atoms with Crippen LogP contribution < -0.4 is 10.6 Å². The van der Waals surface area contributed by atoms with Crippen LogP contribution in [0.5, 0.6) is 0 Å². The van der Waals surface area contributed by atoms with E-state index >= 15 is 0 Å². The van der Waals surface area contributed by atoms with E-state index in [9.17, 15) is 0 Å². The number of anilines is 1. The quantitative estimate of drug-likeness (QED) is 0.813. The first-order valence-electron chi connectivity index (χ1n) is 6.72. The lowest BCUT2D eigenvalue weighted by Gasteiger charge is -2.32. The number of hydrogen-bond acceptors (Lipinski definition) is 2. The van der Waals surface area contributed by atoms with Gasteiger partial charge < -0.3 is 10.6 Å². The molecule has 17 heavy (non-hydrogen) atoms. The summed E-state index contributed by atoms with van der Waals surface area (Å²) in [7, 11) is 0. The maximum Gasteiger partial charge on any atom is 0.0416 e. The zero-order valence-electron chi connectivity index (χ0n) is 11.6. The molecule has 0 aliphatic heterocycles. The van der Waals surface area contributed by atoms with Gasteiger partial charge >= 0.3 is 0 Å². The number of nitrogens with zero attached hydrogens (tertiary/aromatic N) is 1. The Morgan fingerprint density at radius 3 is 2.35 bits per heavy atom. The minimum absolute atomic E-state index is 0.143. The number of nitrogens with two attached hydrogens (primary N) is 1. The van der Waals surface area contributed by atoms with E-state index in [1.54, 1.807) is 0 Å². The van der Waals surface area contributed by atoms with E-state index in [0.29, 0.717) is 6.04 Å². The van der Waals surface area contributed by atoms with Crippen molar-refractivity contribution < 1.29 is 0 Å². The van der Waals surface area contributed by atoms with Crippen LogP contribution in [0.4, 0.5) is 5.69 Å². The van der Waals surface area contributed by atoms with Crippen LogP contribution in [-0.2, 0) is 0 Å². The predicted octanol–water partition coefficient (Wildman–Crippen LogP) is 3.72. The summed E-state index contributed by atoms with van der Waals surface area (Å²) in [6.07, 6.45) is 2.14. The van der Waals surface area contributed by atoms with E-state index in [1.807, 2.05) is 0 Å². The molecule has 0 radical (unpaired) electrons. The molecule has 0 saturated heterocycles. The molecule has 0 aliphatic rings. The molecule has 0 unspecified atom stereocenters. The molecule has 1 atom stereocenters. The molecule has 0 aromatic heterocycles. The molecule has 0 spiro atoms. The fourth-order valence-corrected chi connectivity index (χ4v) is 2.18. The Bertz CT molecular complexity index is 333. The second kappa shape index (κ2) is 6.65. The number of benzene rings is 1. The van der Waals surface area contributed by atoms with Crippen molar-refractivity contribution in [3.8, 4) is 0 Å². The van der Waals surface area contributed by atoms with Crippen LogP contribution in [0.2, 0.25) is 0 Å². The highest BCUT2D eigenvalue weighted by Crippen LogP contribution is 2.28. The smallest absolute Gasteiger partial charge is 0.0416 e. The van der Waals surface area contributed by atoms with E-state index in [1.165, 1.54) is 11.3 Å². The normalized spacial score (nSPS) is 12.8. The Morgan fingerprint density at radius 2 is 1.82 bits per heavy atom. The summed E-state index contributed by atoms with van der Waals surface area (Å²) in [5, 5.41) is 0. The Kier molecular flexibility index (Phi) is 5.49. The molecule has 0 saturated carbocycles. The van der Waals surface area contributed by atoms with Gasteiger partial charge in [-0.05, 0) is 38.3 Å². The highest BCUT2D eigenvalue weighted by atomic mass is 15.2.